The third kappa shape index (κ3) is 5.96. The van der Waals surface area contributed by atoms with Gasteiger partial charge in [0.25, 0.3) is 11.8 Å². The number of hydrogen-bond acceptors (Lipinski definition) is 7. The van der Waals surface area contributed by atoms with Gasteiger partial charge in [0.1, 0.15) is 5.52 Å². The van der Waals surface area contributed by atoms with E-state index in [9.17, 15) is 22.0 Å². The SMILES string of the molecule is O=C(Nc1cc(N2CCC(F)(F)CC2)c2nc[nH]c2c1)c1ccc(NS(=O)(=O)CCO)cc1N1CCC2(CC1)CC2. The molecule has 0 unspecified atom stereocenters. The van der Waals surface area contributed by atoms with Gasteiger partial charge < -0.3 is 25.2 Å². The Morgan fingerprint density at radius 2 is 1.61 bits per heavy atom. The molecule has 1 aromatic heterocycles. The number of hydrogen-bond donors (Lipinski definition) is 4. The molecule has 13 heteroatoms. The van der Waals surface area contributed by atoms with Crippen molar-refractivity contribution >= 4 is 49.7 Å². The number of nitrogens with one attached hydrogen (secondary N) is 3. The Hall–Kier alpha value is -3.45. The highest BCUT2D eigenvalue weighted by Gasteiger charge is 2.44. The number of alkyl halides is 2. The maximum atomic E-state index is 13.8. The largest absolute Gasteiger partial charge is 0.395 e. The molecule has 2 aromatic carbocycles. The number of halogens is 2. The summed E-state index contributed by atoms with van der Waals surface area (Å²) in [5, 5.41) is 12.1. The molecule has 3 aliphatic rings. The third-order valence-corrected chi connectivity index (χ3v) is 9.86. The lowest BCUT2D eigenvalue weighted by atomic mass is 9.93. The Labute approximate surface area is 237 Å². The molecule has 3 heterocycles. The van der Waals surface area contributed by atoms with Crippen LogP contribution in [0.2, 0.25) is 0 Å². The molecule has 220 valence electrons. The molecule has 4 N–H and O–H groups in total. The Morgan fingerprint density at radius 1 is 0.951 bits per heavy atom. The number of rotatable bonds is 8. The number of nitrogens with zero attached hydrogens (tertiary/aromatic N) is 3. The van der Waals surface area contributed by atoms with E-state index in [0.717, 1.165) is 25.9 Å². The fourth-order valence-electron chi connectivity index (χ4n) is 5.92. The number of aliphatic hydroxyl groups is 1. The topological polar surface area (TPSA) is 131 Å². The van der Waals surface area contributed by atoms with Gasteiger partial charge in [0.05, 0.1) is 46.8 Å². The van der Waals surface area contributed by atoms with Crippen LogP contribution in [0.15, 0.2) is 36.7 Å². The normalized spacial score (nSPS) is 19.9. The van der Waals surface area contributed by atoms with Crippen LogP contribution in [0.25, 0.3) is 11.0 Å². The Morgan fingerprint density at radius 3 is 2.29 bits per heavy atom. The maximum Gasteiger partial charge on any atom is 0.257 e. The monoisotopic (exact) mass is 588 g/mol. The highest BCUT2D eigenvalue weighted by molar-refractivity contribution is 7.92. The van der Waals surface area contributed by atoms with Gasteiger partial charge in [-0.25, -0.2) is 22.2 Å². The number of fused-ring (bicyclic) bond motifs is 1. The van der Waals surface area contributed by atoms with Crippen molar-refractivity contribution < 1.29 is 27.1 Å². The van der Waals surface area contributed by atoms with Crippen LogP contribution in [-0.4, -0.2) is 73.9 Å². The lowest BCUT2D eigenvalue weighted by Crippen LogP contribution is -2.39. The summed E-state index contributed by atoms with van der Waals surface area (Å²) in [5.41, 5.74) is 4.25. The van der Waals surface area contributed by atoms with E-state index in [1.165, 1.54) is 25.2 Å². The first-order chi connectivity index (χ1) is 19.6. The average Bonchev–Trinajstić information content (AvgIpc) is 3.50. The second-order valence-electron chi connectivity index (χ2n) is 11.5. The van der Waals surface area contributed by atoms with Crippen LogP contribution >= 0.6 is 0 Å². The molecule has 0 bridgehead atoms. The van der Waals surface area contributed by atoms with E-state index in [2.05, 4.69) is 24.9 Å². The average molecular weight is 589 g/mol. The first-order valence-electron chi connectivity index (χ1n) is 14.0. The third-order valence-electron chi connectivity index (χ3n) is 8.59. The van der Waals surface area contributed by atoms with Crippen LogP contribution in [0.4, 0.5) is 31.5 Å². The van der Waals surface area contributed by atoms with Gasteiger partial charge in [-0.1, -0.05) is 0 Å². The minimum absolute atomic E-state index is 0.181. The van der Waals surface area contributed by atoms with Gasteiger partial charge >= 0.3 is 0 Å². The zero-order chi connectivity index (χ0) is 28.8. The van der Waals surface area contributed by atoms with E-state index in [0.29, 0.717) is 44.8 Å². The molecule has 1 amide bonds. The van der Waals surface area contributed by atoms with Crippen LogP contribution in [-0.2, 0) is 10.0 Å². The number of H-pyrrole nitrogens is 1. The lowest BCUT2D eigenvalue weighted by molar-refractivity contribution is -0.0220. The second kappa shape index (κ2) is 10.4. The van der Waals surface area contributed by atoms with Crippen LogP contribution in [0.1, 0.15) is 48.9 Å². The summed E-state index contributed by atoms with van der Waals surface area (Å²) in [6, 6.07) is 8.34. The molecule has 0 radical (unpaired) electrons. The lowest BCUT2D eigenvalue weighted by Gasteiger charge is -2.35. The van der Waals surface area contributed by atoms with Gasteiger partial charge in [0.15, 0.2) is 0 Å². The van der Waals surface area contributed by atoms with Crippen molar-refractivity contribution in [2.75, 3.05) is 58.4 Å². The summed E-state index contributed by atoms with van der Waals surface area (Å²) in [7, 11) is -3.74. The molecule has 41 heavy (non-hydrogen) atoms. The molecular weight excluding hydrogens is 554 g/mol. The van der Waals surface area contributed by atoms with Crippen molar-refractivity contribution in [1.82, 2.24) is 9.97 Å². The number of anilines is 4. The molecule has 2 saturated heterocycles. The summed E-state index contributed by atoms with van der Waals surface area (Å²) in [4.78, 5) is 25.1. The number of imidazole rings is 1. The number of sulfonamides is 1. The van der Waals surface area contributed by atoms with Gasteiger partial charge in [-0.15, -0.1) is 0 Å². The summed E-state index contributed by atoms with van der Waals surface area (Å²) in [6.45, 7) is 1.38. The van der Waals surface area contributed by atoms with Crippen molar-refractivity contribution in [1.29, 1.82) is 0 Å². The fourth-order valence-corrected chi connectivity index (χ4v) is 6.74. The molecule has 3 fully saturated rings. The van der Waals surface area contributed by atoms with Crippen molar-refractivity contribution in [3.8, 4) is 0 Å². The van der Waals surface area contributed by atoms with Crippen LogP contribution in [0.3, 0.4) is 0 Å². The Bertz CT molecular complexity index is 1550. The number of amides is 1. The van der Waals surface area contributed by atoms with Gasteiger partial charge in [-0.3, -0.25) is 9.52 Å². The first kappa shape index (κ1) is 27.7. The molecule has 6 rings (SSSR count). The first-order valence-corrected chi connectivity index (χ1v) is 15.6. The summed E-state index contributed by atoms with van der Waals surface area (Å²) >= 11 is 0. The van der Waals surface area contributed by atoms with Gasteiger partial charge in [-0.2, -0.15) is 0 Å². The summed E-state index contributed by atoms with van der Waals surface area (Å²) in [5.74, 6) is -3.48. The van der Waals surface area contributed by atoms with E-state index in [1.807, 2.05) is 4.90 Å². The predicted molar refractivity (Wildman–Crippen MR) is 154 cm³/mol. The zero-order valence-corrected chi connectivity index (χ0v) is 23.4. The van der Waals surface area contributed by atoms with Gasteiger partial charge in [-0.05, 0) is 61.4 Å². The highest BCUT2D eigenvalue weighted by atomic mass is 32.2. The maximum absolute atomic E-state index is 13.8. The Kier molecular flexibility index (Phi) is 7.05. The van der Waals surface area contributed by atoms with Crippen LogP contribution in [0.5, 0.6) is 0 Å². The second-order valence-corrected chi connectivity index (χ2v) is 13.3. The minimum Gasteiger partial charge on any atom is -0.395 e. The number of carbonyl (C=O) groups excluding carboxylic acids is 1. The molecular formula is C28H34F2N6O4S. The van der Waals surface area contributed by atoms with E-state index in [1.54, 1.807) is 24.3 Å². The molecule has 0 atom stereocenters. The van der Waals surface area contributed by atoms with E-state index in [-0.39, 0.29) is 31.8 Å². The smallest absolute Gasteiger partial charge is 0.257 e. The van der Waals surface area contributed by atoms with E-state index < -0.39 is 28.3 Å². The van der Waals surface area contributed by atoms with Crippen LogP contribution in [0, 0.1) is 5.41 Å². The van der Waals surface area contributed by atoms with Gasteiger partial charge in [0.2, 0.25) is 10.0 Å². The Balaban J connectivity index is 1.29. The van der Waals surface area contributed by atoms with Crippen molar-refractivity contribution in [3.63, 3.8) is 0 Å². The van der Waals surface area contributed by atoms with E-state index in [4.69, 9.17) is 5.11 Å². The quantitative estimate of drug-likeness (QED) is 0.311. The van der Waals surface area contributed by atoms with Crippen molar-refractivity contribution in [2.45, 2.75) is 44.4 Å². The number of carbonyl (C=O) groups is 1. The molecule has 2 aliphatic heterocycles. The van der Waals surface area contributed by atoms with Crippen molar-refractivity contribution in [2.24, 2.45) is 5.41 Å². The fraction of sp³-hybridized carbons (Fsp3) is 0.500. The number of aromatic amines is 1. The van der Waals surface area contributed by atoms with Gasteiger partial charge in [0, 0.05) is 44.7 Å². The molecule has 1 spiro atoms. The number of aromatic nitrogens is 2. The number of benzene rings is 2. The zero-order valence-electron chi connectivity index (χ0n) is 22.6. The summed E-state index contributed by atoms with van der Waals surface area (Å²) < 4.78 is 54.8. The molecule has 10 nitrogen and oxygen atoms in total. The standard InChI is InChI=1S/C28H34F2N6O4S/c29-28(30)7-11-36(12-8-28)24-17-20(15-22-25(24)32-18-31-22)33-26(38)21-2-1-19(34-41(39,40)14-13-37)16-23(21)35-9-5-27(3-4-27)6-10-35/h1-2,15-18,34,37H,3-14H2,(H,31,32)(H,33,38). The highest BCUT2D eigenvalue weighted by Crippen LogP contribution is 2.54. The number of aliphatic hydroxyl groups excluding tert-OH is 1. The van der Waals surface area contributed by atoms with E-state index >= 15 is 0 Å². The molecule has 3 aromatic rings. The predicted octanol–water partition coefficient (Wildman–Crippen LogP) is 4.17. The molecule has 1 aliphatic carbocycles. The summed E-state index contributed by atoms with van der Waals surface area (Å²) in [6.07, 6.45) is 5.53. The van der Waals surface area contributed by atoms with Crippen LogP contribution < -0.4 is 19.8 Å². The molecule has 1 saturated carbocycles. The minimum atomic E-state index is -3.74. The van der Waals surface area contributed by atoms with Crippen molar-refractivity contribution in [3.05, 3.63) is 42.2 Å². The number of piperidine rings is 2.